The lowest BCUT2D eigenvalue weighted by molar-refractivity contribution is -0.385. The topological polar surface area (TPSA) is 108 Å². The number of fused-ring (bicyclic) bond motifs is 3. The number of benzene rings is 2. The van der Waals surface area contributed by atoms with E-state index in [0.29, 0.717) is 21.8 Å². The minimum Gasteiger partial charge on any atom is -0.280 e. The fourth-order valence-electron chi connectivity index (χ4n) is 2.57. The van der Waals surface area contributed by atoms with Crippen LogP contribution in [0.3, 0.4) is 0 Å². The molecule has 0 unspecified atom stereocenters. The summed E-state index contributed by atoms with van der Waals surface area (Å²) >= 11 is 0. The summed E-state index contributed by atoms with van der Waals surface area (Å²) in [5, 5.41) is 22.7. The molecule has 3 aromatic rings. The van der Waals surface area contributed by atoms with Gasteiger partial charge in [-0.1, -0.05) is 0 Å². The van der Waals surface area contributed by atoms with E-state index in [1.54, 1.807) is 0 Å². The minimum absolute atomic E-state index is 0.137. The number of nitro benzene ring substituents is 2. The quantitative estimate of drug-likeness (QED) is 0.533. The van der Waals surface area contributed by atoms with E-state index in [2.05, 4.69) is 0 Å². The Hall–Kier alpha value is -3.29. The van der Waals surface area contributed by atoms with Crippen LogP contribution in [0.1, 0.15) is 11.7 Å². The largest absolute Gasteiger partial charge is 0.280 e. The SMILES string of the molecule is CC(=O)n1c2ccc([N+](=O)[O-])cc2c2cc([N+](=O)[O-])ccc21. The molecule has 0 aliphatic heterocycles. The summed E-state index contributed by atoms with van der Waals surface area (Å²) in [7, 11) is 0. The van der Waals surface area contributed by atoms with E-state index in [1.807, 2.05) is 0 Å². The van der Waals surface area contributed by atoms with Gasteiger partial charge < -0.3 is 0 Å². The first-order valence-corrected chi connectivity index (χ1v) is 6.28. The molecule has 0 amide bonds. The van der Waals surface area contributed by atoms with Crippen molar-refractivity contribution in [2.45, 2.75) is 6.92 Å². The van der Waals surface area contributed by atoms with Crippen molar-refractivity contribution >= 4 is 39.1 Å². The zero-order valence-electron chi connectivity index (χ0n) is 11.3. The van der Waals surface area contributed by atoms with Gasteiger partial charge in [0.15, 0.2) is 0 Å². The van der Waals surface area contributed by atoms with Crippen molar-refractivity contribution in [3.8, 4) is 0 Å². The highest BCUT2D eigenvalue weighted by atomic mass is 16.6. The molecule has 110 valence electrons. The number of carbonyl (C=O) groups is 1. The molecular formula is C14H9N3O5. The Labute approximate surface area is 122 Å². The number of rotatable bonds is 2. The number of aromatic nitrogens is 1. The second-order valence-corrected chi connectivity index (χ2v) is 4.77. The molecule has 0 fully saturated rings. The van der Waals surface area contributed by atoms with Crippen LogP contribution in [-0.4, -0.2) is 20.3 Å². The molecule has 0 spiro atoms. The van der Waals surface area contributed by atoms with Gasteiger partial charge in [0.25, 0.3) is 11.4 Å². The van der Waals surface area contributed by atoms with Gasteiger partial charge in [-0.15, -0.1) is 0 Å². The number of nitro groups is 2. The lowest BCUT2D eigenvalue weighted by Gasteiger charge is -2.00. The summed E-state index contributed by atoms with van der Waals surface area (Å²) in [5.41, 5.74) is 0.686. The van der Waals surface area contributed by atoms with Crippen LogP contribution in [0.5, 0.6) is 0 Å². The van der Waals surface area contributed by atoms with Crippen LogP contribution in [-0.2, 0) is 0 Å². The number of carbonyl (C=O) groups excluding carboxylic acids is 1. The van der Waals surface area contributed by atoms with E-state index in [4.69, 9.17) is 0 Å². The van der Waals surface area contributed by atoms with Crippen LogP contribution in [0.25, 0.3) is 21.8 Å². The molecule has 0 saturated heterocycles. The molecule has 1 heterocycles. The Balaban J connectivity index is 2.50. The van der Waals surface area contributed by atoms with Crippen molar-refractivity contribution in [3.05, 3.63) is 56.6 Å². The summed E-state index contributed by atoms with van der Waals surface area (Å²) in [6.07, 6.45) is 0. The third-order valence-corrected chi connectivity index (χ3v) is 3.47. The van der Waals surface area contributed by atoms with Gasteiger partial charge in [0.1, 0.15) is 0 Å². The minimum atomic E-state index is -0.548. The molecule has 8 heteroatoms. The summed E-state index contributed by atoms with van der Waals surface area (Å²) < 4.78 is 1.39. The first-order valence-electron chi connectivity index (χ1n) is 6.28. The highest BCUT2D eigenvalue weighted by Gasteiger charge is 2.18. The predicted molar refractivity (Wildman–Crippen MR) is 79.1 cm³/mol. The van der Waals surface area contributed by atoms with Gasteiger partial charge in [-0.3, -0.25) is 29.6 Å². The maximum absolute atomic E-state index is 11.9. The number of hydrogen-bond acceptors (Lipinski definition) is 5. The first-order chi connectivity index (χ1) is 10.4. The van der Waals surface area contributed by atoms with Crippen molar-refractivity contribution in [3.63, 3.8) is 0 Å². The van der Waals surface area contributed by atoms with Gasteiger partial charge in [-0.2, -0.15) is 0 Å². The second kappa shape index (κ2) is 4.62. The molecule has 2 aromatic carbocycles. The molecule has 0 aliphatic rings. The van der Waals surface area contributed by atoms with Crippen molar-refractivity contribution in [2.24, 2.45) is 0 Å². The Morgan fingerprint density at radius 3 is 1.64 bits per heavy atom. The van der Waals surface area contributed by atoms with E-state index in [0.717, 1.165) is 0 Å². The van der Waals surface area contributed by atoms with E-state index in [9.17, 15) is 25.0 Å². The summed E-state index contributed by atoms with van der Waals surface area (Å²) in [6, 6.07) is 8.19. The third-order valence-electron chi connectivity index (χ3n) is 3.47. The predicted octanol–water partition coefficient (Wildman–Crippen LogP) is 3.27. The second-order valence-electron chi connectivity index (χ2n) is 4.77. The zero-order chi connectivity index (χ0) is 16.0. The first kappa shape index (κ1) is 13.7. The smallest absolute Gasteiger partial charge is 0.270 e. The molecule has 22 heavy (non-hydrogen) atoms. The summed E-state index contributed by atoms with van der Waals surface area (Å²) in [5.74, 6) is -0.275. The lowest BCUT2D eigenvalue weighted by atomic mass is 10.1. The van der Waals surface area contributed by atoms with Gasteiger partial charge in [0.05, 0.1) is 20.9 Å². The van der Waals surface area contributed by atoms with Crippen LogP contribution in [0, 0.1) is 20.2 Å². The fourth-order valence-corrected chi connectivity index (χ4v) is 2.57. The summed E-state index contributed by atoms with van der Waals surface area (Å²) in [6.45, 7) is 1.36. The number of non-ortho nitro benzene ring substituents is 2. The molecule has 0 radical (unpaired) electrons. The molecule has 3 rings (SSSR count). The monoisotopic (exact) mass is 299 g/mol. The average Bonchev–Trinajstić information content (AvgIpc) is 2.79. The standard InChI is InChI=1S/C14H9N3O5/c1-8(18)15-13-4-2-9(16(19)20)6-11(13)12-7-10(17(21)22)3-5-14(12)15/h2-7H,1H3. The molecule has 0 bridgehead atoms. The summed E-state index contributed by atoms with van der Waals surface area (Å²) in [4.78, 5) is 32.6. The van der Waals surface area contributed by atoms with Crippen LogP contribution >= 0.6 is 0 Å². The van der Waals surface area contributed by atoms with Gasteiger partial charge in [-0.05, 0) is 12.1 Å². The molecule has 1 aromatic heterocycles. The normalized spacial score (nSPS) is 11.0. The lowest BCUT2D eigenvalue weighted by Crippen LogP contribution is -2.04. The van der Waals surface area contributed by atoms with Gasteiger partial charge in [-0.25, -0.2) is 0 Å². The van der Waals surface area contributed by atoms with Crippen molar-refractivity contribution < 1.29 is 14.6 Å². The maximum atomic E-state index is 11.9. The Morgan fingerprint density at radius 2 is 1.32 bits per heavy atom. The molecule has 0 N–H and O–H groups in total. The van der Waals surface area contributed by atoms with Crippen molar-refractivity contribution in [1.82, 2.24) is 4.57 Å². The van der Waals surface area contributed by atoms with Gasteiger partial charge in [0, 0.05) is 42.0 Å². The van der Waals surface area contributed by atoms with E-state index >= 15 is 0 Å². The molecular weight excluding hydrogens is 290 g/mol. The van der Waals surface area contributed by atoms with Crippen LogP contribution in [0.2, 0.25) is 0 Å². The Kier molecular flexibility index (Phi) is 2.87. The average molecular weight is 299 g/mol. The van der Waals surface area contributed by atoms with Crippen LogP contribution in [0.4, 0.5) is 11.4 Å². The third kappa shape index (κ3) is 1.89. The zero-order valence-corrected chi connectivity index (χ0v) is 11.3. The Bertz CT molecular complexity index is 902. The van der Waals surface area contributed by atoms with Crippen LogP contribution < -0.4 is 0 Å². The maximum Gasteiger partial charge on any atom is 0.270 e. The fraction of sp³-hybridized carbons (Fsp3) is 0.0714. The molecule has 0 saturated carbocycles. The Morgan fingerprint density at radius 1 is 0.909 bits per heavy atom. The van der Waals surface area contributed by atoms with Crippen molar-refractivity contribution in [2.75, 3.05) is 0 Å². The molecule has 8 nitrogen and oxygen atoms in total. The highest BCUT2D eigenvalue weighted by Crippen LogP contribution is 2.33. The van der Waals surface area contributed by atoms with E-state index < -0.39 is 9.85 Å². The van der Waals surface area contributed by atoms with Crippen LogP contribution in [0.15, 0.2) is 36.4 Å². The molecule has 0 aliphatic carbocycles. The number of nitrogens with zero attached hydrogens (tertiary/aromatic N) is 3. The van der Waals surface area contributed by atoms with E-state index in [1.165, 1.54) is 47.9 Å². The van der Waals surface area contributed by atoms with Gasteiger partial charge in [0.2, 0.25) is 5.91 Å². The van der Waals surface area contributed by atoms with E-state index in [-0.39, 0.29) is 17.3 Å². The number of hydrogen-bond donors (Lipinski definition) is 0. The highest BCUT2D eigenvalue weighted by molar-refractivity contribution is 6.14. The van der Waals surface area contributed by atoms with Gasteiger partial charge >= 0.3 is 0 Å². The van der Waals surface area contributed by atoms with Crippen molar-refractivity contribution in [1.29, 1.82) is 0 Å². The molecule has 0 atom stereocenters.